The average Bonchev–Trinajstić information content (AvgIpc) is 2.75. The van der Waals surface area contributed by atoms with Crippen LogP contribution in [-0.4, -0.2) is 32.6 Å². The van der Waals surface area contributed by atoms with Crippen molar-refractivity contribution >= 4 is 11.6 Å². The Balaban J connectivity index is 2.07. The number of carbonyl (C=O) groups excluding carboxylic acids is 1. The zero-order valence-corrected chi connectivity index (χ0v) is 10.9. The Bertz CT molecular complexity index is 419. The molecule has 0 aliphatic carbocycles. The Kier molecular flexibility index (Phi) is 4.20. The van der Waals surface area contributed by atoms with Crippen molar-refractivity contribution in [2.75, 3.05) is 31.6 Å². The molecule has 0 saturated heterocycles. The normalized spacial score (nSPS) is 17.7. The summed E-state index contributed by atoms with van der Waals surface area (Å²) in [7, 11) is 1.68. The maximum Gasteiger partial charge on any atom is 0.221 e. The minimum atomic E-state index is 0.0924. The molecule has 2 rings (SSSR count). The van der Waals surface area contributed by atoms with Crippen LogP contribution in [0, 0.1) is 0 Å². The highest BCUT2D eigenvalue weighted by Crippen LogP contribution is 2.37. The predicted molar refractivity (Wildman–Crippen MR) is 73.8 cm³/mol. The highest BCUT2D eigenvalue weighted by Gasteiger charge is 2.27. The summed E-state index contributed by atoms with van der Waals surface area (Å²) >= 11 is 0. The van der Waals surface area contributed by atoms with Gasteiger partial charge in [0.25, 0.3) is 0 Å². The van der Waals surface area contributed by atoms with Crippen LogP contribution in [0.25, 0.3) is 0 Å². The summed E-state index contributed by atoms with van der Waals surface area (Å²) in [4.78, 5) is 13.6. The monoisotopic (exact) mass is 247 g/mol. The lowest BCUT2D eigenvalue weighted by molar-refractivity contribution is -0.120. The molecule has 4 nitrogen and oxygen atoms in total. The molecule has 3 N–H and O–H groups in total. The van der Waals surface area contributed by atoms with Gasteiger partial charge < -0.3 is 16.0 Å². The fourth-order valence-corrected chi connectivity index (χ4v) is 2.60. The molecule has 18 heavy (non-hydrogen) atoms. The Morgan fingerprint density at radius 2 is 2.28 bits per heavy atom. The molecule has 1 heterocycles. The van der Waals surface area contributed by atoms with Crippen molar-refractivity contribution in [2.24, 2.45) is 5.73 Å². The largest absolute Gasteiger partial charge is 0.370 e. The Morgan fingerprint density at radius 1 is 1.50 bits per heavy atom. The molecule has 1 atom stereocenters. The van der Waals surface area contributed by atoms with Gasteiger partial charge in [-0.3, -0.25) is 4.79 Å². The molecule has 0 radical (unpaired) electrons. The minimum absolute atomic E-state index is 0.0924. The number of para-hydroxylation sites is 1. The summed E-state index contributed by atoms with van der Waals surface area (Å²) < 4.78 is 0. The van der Waals surface area contributed by atoms with Crippen molar-refractivity contribution in [3.05, 3.63) is 29.8 Å². The summed E-state index contributed by atoms with van der Waals surface area (Å²) in [5.41, 5.74) is 8.31. The molecule has 0 fully saturated rings. The van der Waals surface area contributed by atoms with Crippen molar-refractivity contribution < 1.29 is 4.79 Å². The first kappa shape index (κ1) is 12.9. The van der Waals surface area contributed by atoms with Crippen LogP contribution < -0.4 is 16.0 Å². The van der Waals surface area contributed by atoms with Gasteiger partial charge in [0.15, 0.2) is 0 Å². The van der Waals surface area contributed by atoms with E-state index in [0.29, 0.717) is 18.9 Å². The molecular formula is C14H21N3O. The highest BCUT2D eigenvalue weighted by atomic mass is 16.1. The molecule has 0 aromatic heterocycles. The van der Waals surface area contributed by atoms with Crippen LogP contribution in [0.5, 0.6) is 0 Å². The maximum absolute atomic E-state index is 11.3. The number of amides is 1. The topological polar surface area (TPSA) is 58.4 Å². The van der Waals surface area contributed by atoms with Crippen LogP contribution in [0.1, 0.15) is 24.3 Å². The van der Waals surface area contributed by atoms with E-state index in [2.05, 4.69) is 34.5 Å². The summed E-state index contributed by atoms with van der Waals surface area (Å²) in [5.74, 6) is 0.602. The van der Waals surface area contributed by atoms with Crippen molar-refractivity contribution in [1.29, 1.82) is 0 Å². The van der Waals surface area contributed by atoms with Gasteiger partial charge in [0, 0.05) is 38.2 Å². The van der Waals surface area contributed by atoms with Gasteiger partial charge in [-0.05, 0) is 24.6 Å². The lowest BCUT2D eigenvalue weighted by Crippen LogP contribution is -2.28. The van der Waals surface area contributed by atoms with Gasteiger partial charge in [-0.25, -0.2) is 0 Å². The van der Waals surface area contributed by atoms with Gasteiger partial charge in [0.2, 0.25) is 5.91 Å². The molecule has 1 aromatic rings. The highest BCUT2D eigenvalue weighted by molar-refractivity contribution is 5.76. The quantitative estimate of drug-likeness (QED) is 0.818. The van der Waals surface area contributed by atoms with E-state index in [0.717, 1.165) is 19.5 Å². The summed E-state index contributed by atoms with van der Waals surface area (Å²) in [6.45, 7) is 2.47. The van der Waals surface area contributed by atoms with E-state index in [9.17, 15) is 4.79 Å². The van der Waals surface area contributed by atoms with E-state index in [1.165, 1.54) is 11.3 Å². The second-order valence-electron chi connectivity index (χ2n) is 4.70. The fourth-order valence-electron chi connectivity index (χ4n) is 2.60. The first-order chi connectivity index (χ1) is 8.76. The van der Waals surface area contributed by atoms with Crippen LogP contribution in [0.2, 0.25) is 0 Å². The van der Waals surface area contributed by atoms with Crippen LogP contribution in [-0.2, 0) is 4.79 Å². The molecule has 1 amide bonds. The molecule has 4 heteroatoms. The van der Waals surface area contributed by atoms with Gasteiger partial charge in [-0.1, -0.05) is 18.2 Å². The Hall–Kier alpha value is -1.55. The molecule has 1 aliphatic heterocycles. The van der Waals surface area contributed by atoms with Gasteiger partial charge >= 0.3 is 0 Å². The number of nitrogens with zero attached hydrogens (tertiary/aromatic N) is 1. The van der Waals surface area contributed by atoms with E-state index < -0.39 is 0 Å². The summed E-state index contributed by atoms with van der Waals surface area (Å²) in [6, 6.07) is 8.44. The maximum atomic E-state index is 11.3. The van der Waals surface area contributed by atoms with Gasteiger partial charge in [-0.2, -0.15) is 0 Å². The number of hydrogen-bond donors (Lipinski definition) is 2. The van der Waals surface area contributed by atoms with E-state index in [4.69, 9.17) is 5.73 Å². The van der Waals surface area contributed by atoms with Crippen molar-refractivity contribution in [3.63, 3.8) is 0 Å². The number of rotatable bonds is 5. The summed E-state index contributed by atoms with van der Waals surface area (Å²) in [5, 5.41) is 2.66. The minimum Gasteiger partial charge on any atom is -0.370 e. The third kappa shape index (κ3) is 2.64. The Morgan fingerprint density at radius 3 is 3.00 bits per heavy atom. The molecule has 1 aliphatic rings. The third-order valence-electron chi connectivity index (χ3n) is 3.56. The second-order valence-corrected chi connectivity index (χ2v) is 4.70. The van der Waals surface area contributed by atoms with Crippen molar-refractivity contribution in [1.82, 2.24) is 5.32 Å². The van der Waals surface area contributed by atoms with Crippen LogP contribution >= 0.6 is 0 Å². The van der Waals surface area contributed by atoms with Gasteiger partial charge in [0.1, 0.15) is 0 Å². The molecule has 98 valence electrons. The van der Waals surface area contributed by atoms with Crippen molar-refractivity contribution in [3.8, 4) is 0 Å². The zero-order chi connectivity index (χ0) is 13.0. The Labute approximate surface area is 108 Å². The van der Waals surface area contributed by atoms with E-state index in [1.54, 1.807) is 7.05 Å². The number of anilines is 1. The average molecular weight is 247 g/mol. The third-order valence-corrected chi connectivity index (χ3v) is 3.56. The molecule has 1 aromatic carbocycles. The number of hydrogen-bond acceptors (Lipinski definition) is 3. The number of nitrogens with one attached hydrogen (secondary N) is 1. The lowest BCUT2D eigenvalue weighted by Gasteiger charge is -2.19. The SMILES string of the molecule is CNC(=O)CCN1CC(CCN)c2ccccc21. The molecule has 0 saturated carbocycles. The van der Waals surface area contributed by atoms with Crippen LogP contribution in [0.4, 0.5) is 5.69 Å². The smallest absolute Gasteiger partial charge is 0.221 e. The number of nitrogens with two attached hydrogens (primary N) is 1. The van der Waals surface area contributed by atoms with Crippen molar-refractivity contribution in [2.45, 2.75) is 18.8 Å². The first-order valence-corrected chi connectivity index (χ1v) is 6.50. The fraction of sp³-hybridized carbons (Fsp3) is 0.500. The number of benzene rings is 1. The molecule has 0 spiro atoms. The van der Waals surface area contributed by atoms with E-state index in [-0.39, 0.29) is 5.91 Å². The van der Waals surface area contributed by atoms with Gasteiger partial charge in [0.05, 0.1) is 0 Å². The number of carbonyl (C=O) groups is 1. The van der Waals surface area contributed by atoms with E-state index in [1.807, 2.05) is 0 Å². The standard InChI is InChI=1S/C14H21N3O/c1-16-14(18)7-9-17-10-11(6-8-15)12-4-2-3-5-13(12)17/h2-5,11H,6-10,15H2,1H3,(H,16,18). The second kappa shape index (κ2) is 5.87. The first-order valence-electron chi connectivity index (χ1n) is 6.50. The molecule has 0 bridgehead atoms. The van der Waals surface area contributed by atoms with Crippen LogP contribution in [0.3, 0.4) is 0 Å². The van der Waals surface area contributed by atoms with E-state index >= 15 is 0 Å². The molecule has 1 unspecified atom stereocenters. The van der Waals surface area contributed by atoms with Crippen LogP contribution in [0.15, 0.2) is 24.3 Å². The zero-order valence-electron chi connectivity index (χ0n) is 10.9. The predicted octanol–water partition coefficient (Wildman–Crippen LogP) is 1.08. The van der Waals surface area contributed by atoms with Gasteiger partial charge in [-0.15, -0.1) is 0 Å². The molecular weight excluding hydrogens is 226 g/mol. The lowest BCUT2D eigenvalue weighted by atomic mass is 9.98. The number of fused-ring (bicyclic) bond motifs is 1. The summed E-state index contributed by atoms with van der Waals surface area (Å²) in [6.07, 6.45) is 1.55.